The molecule has 0 aromatic rings. The van der Waals surface area contributed by atoms with Crippen molar-refractivity contribution in [1.29, 1.82) is 0 Å². The summed E-state index contributed by atoms with van der Waals surface area (Å²) >= 11 is 0. The number of ether oxygens (including phenoxy) is 1. The van der Waals surface area contributed by atoms with E-state index in [-0.39, 0.29) is 17.8 Å². The second kappa shape index (κ2) is 5.11. The van der Waals surface area contributed by atoms with Gasteiger partial charge in [-0.1, -0.05) is 6.92 Å². The number of carbonyl (C=O) groups is 2. The predicted octanol–water partition coefficient (Wildman–Crippen LogP) is -0.255. The summed E-state index contributed by atoms with van der Waals surface area (Å²) in [6, 6.07) is -0.406. The monoisotopic (exact) mass is 214 g/mol. The average Bonchev–Trinajstić information content (AvgIpc) is 2.74. The van der Waals surface area contributed by atoms with Crippen molar-refractivity contribution < 1.29 is 14.3 Å². The van der Waals surface area contributed by atoms with E-state index in [9.17, 15) is 9.59 Å². The molecule has 1 amide bonds. The summed E-state index contributed by atoms with van der Waals surface area (Å²) < 4.78 is 4.66. The largest absolute Gasteiger partial charge is 0.467 e. The molecule has 0 radical (unpaired) electrons. The first-order valence-electron chi connectivity index (χ1n) is 5.20. The maximum Gasteiger partial charge on any atom is 0.328 e. The van der Waals surface area contributed by atoms with Crippen LogP contribution >= 0.6 is 0 Å². The summed E-state index contributed by atoms with van der Waals surface area (Å²) in [7, 11) is 1.34. The molecule has 0 aromatic heterocycles. The van der Waals surface area contributed by atoms with Crippen LogP contribution in [-0.2, 0) is 14.3 Å². The van der Waals surface area contributed by atoms with Gasteiger partial charge in [-0.05, 0) is 12.8 Å². The van der Waals surface area contributed by atoms with Crippen LogP contribution in [0.15, 0.2) is 0 Å². The zero-order valence-electron chi connectivity index (χ0n) is 9.23. The fourth-order valence-corrected chi connectivity index (χ4v) is 1.80. The van der Waals surface area contributed by atoms with Gasteiger partial charge in [0, 0.05) is 19.0 Å². The predicted molar refractivity (Wildman–Crippen MR) is 55.0 cm³/mol. The lowest BCUT2D eigenvalue weighted by Crippen LogP contribution is -2.44. The van der Waals surface area contributed by atoms with E-state index in [0.717, 1.165) is 6.42 Å². The molecule has 1 saturated heterocycles. The summed E-state index contributed by atoms with van der Waals surface area (Å²) in [4.78, 5) is 24.8. The summed E-state index contributed by atoms with van der Waals surface area (Å²) in [6.07, 6.45) is 1.54. The van der Waals surface area contributed by atoms with Crippen molar-refractivity contribution in [2.45, 2.75) is 25.8 Å². The van der Waals surface area contributed by atoms with Crippen LogP contribution < -0.4 is 5.73 Å². The van der Waals surface area contributed by atoms with Crippen molar-refractivity contribution in [2.75, 3.05) is 20.2 Å². The molecule has 2 unspecified atom stereocenters. The van der Waals surface area contributed by atoms with Crippen LogP contribution in [0.1, 0.15) is 19.8 Å². The quantitative estimate of drug-likeness (QED) is 0.657. The lowest BCUT2D eigenvalue weighted by atomic mass is 10.1. The van der Waals surface area contributed by atoms with E-state index in [0.29, 0.717) is 19.5 Å². The Morgan fingerprint density at radius 1 is 1.60 bits per heavy atom. The lowest BCUT2D eigenvalue weighted by molar-refractivity contribution is -0.152. The topological polar surface area (TPSA) is 72.6 Å². The SMILES string of the molecule is COC(=O)C1CCCN1C(=O)C(C)CN. The molecule has 0 spiro atoms. The van der Waals surface area contributed by atoms with Gasteiger partial charge in [0.05, 0.1) is 7.11 Å². The highest BCUT2D eigenvalue weighted by Gasteiger charge is 2.36. The second-order valence-electron chi connectivity index (χ2n) is 3.85. The normalized spacial score (nSPS) is 22.6. The van der Waals surface area contributed by atoms with Crippen LogP contribution in [0, 0.1) is 5.92 Å². The first-order valence-corrected chi connectivity index (χ1v) is 5.20. The molecular weight excluding hydrogens is 196 g/mol. The molecule has 0 saturated carbocycles. The molecule has 1 heterocycles. The highest BCUT2D eigenvalue weighted by atomic mass is 16.5. The van der Waals surface area contributed by atoms with Crippen molar-refractivity contribution in [3.8, 4) is 0 Å². The number of rotatable bonds is 3. The minimum absolute atomic E-state index is 0.0506. The summed E-state index contributed by atoms with van der Waals surface area (Å²) in [5.74, 6) is -0.606. The van der Waals surface area contributed by atoms with Crippen LogP contribution in [-0.4, -0.2) is 43.0 Å². The third-order valence-electron chi connectivity index (χ3n) is 2.78. The third-order valence-corrected chi connectivity index (χ3v) is 2.78. The molecule has 5 nitrogen and oxygen atoms in total. The minimum Gasteiger partial charge on any atom is -0.467 e. The summed E-state index contributed by atoms with van der Waals surface area (Å²) in [6.45, 7) is 2.71. The number of likely N-dealkylation sites (tertiary alicyclic amines) is 1. The molecule has 1 fully saturated rings. The van der Waals surface area contributed by atoms with Crippen molar-refractivity contribution in [3.05, 3.63) is 0 Å². The zero-order chi connectivity index (χ0) is 11.4. The van der Waals surface area contributed by atoms with E-state index in [1.807, 2.05) is 0 Å². The number of hydrogen-bond acceptors (Lipinski definition) is 4. The Morgan fingerprint density at radius 2 is 2.27 bits per heavy atom. The van der Waals surface area contributed by atoms with Crippen LogP contribution in [0.5, 0.6) is 0 Å². The van der Waals surface area contributed by atoms with Crippen molar-refractivity contribution in [1.82, 2.24) is 4.90 Å². The number of amides is 1. The molecule has 1 aliphatic heterocycles. The molecule has 86 valence electrons. The Labute approximate surface area is 89.6 Å². The van der Waals surface area contributed by atoms with E-state index in [4.69, 9.17) is 5.73 Å². The Hall–Kier alpha value is -1.10. The Bertz CT molecular complexity index is 255. The summed E-state index contributed by atoms with van der Waals surface area (Å²) in [5.41, 5.74) is 5.43. The van der Waals surface area contributed by atoms with Crippen molar-refractivity contribution >= 4 is 11.9 Å². The molecule has 1 rings (SSSR count). The molecule has 2 atom stereocenters. The number of nitrogens with two attached hydrogens (primary N) is 1. The number of carbonyl (C=O) groups excluding carboxylic acids is 2. The fraction of sp³-hybridized carbons (Fsp3) is 0.800. The van der Waals surface area contributed by atoms with Gasteiger partial charge >= 0.3 is 5.97 Å². The van der Waals surface area contributed by atoms with E-state index >= 15 is 0 Å². The van der Waals surface area contributed by atoms with Gasteiger partial charge in [-0.25, -0.2) is 4.79 Å². The molecule has 15 heavy (non-hydrogen) atoms. The lowest BCUT2D eigenvalue weighted by Gasteiger charge is -2.25. The summed E-state index contributed by atoms with van der Waals surface area (Å²) in [5, 5.41) is 0. The van der Waals surface area contributed by atoms with Gasteiger partial charge in [0.1, 0.15) is 6.04 Å². The van der Waals surface area contributed by atoms with E-state index in [1.54, 1.807) is 11.8 Å². The Balaban J connectivity index is 2.68. The smallest absolute Gasteiger partial charge is 0.328 e. The molecule has 0 aromatic carbocycles. The van der Waals surface area contributed by atoms with Crippen LogP contribution in [0.25, 0.3) is 0 Å². The van der Waals surface area contributed by atoms with E-state index in [1.165, 1.54) is 7.11 Å². The fourth-order valence-electron chi connectivity index (χ4n) is 1.80. The second-order valence-corrected chi connectivity index (χ2v) is 3.85. The molecule has 0 aliphatic carbocycles. The van der Waals surface area contributed by atoms with Gasteiger partial charge in [0.25, 0.3) is 0 Å². The third kappa shape index (κ3) is 2.47. The number of hydrogen-bond donors (Lipinski definition) is 1. The zero-order valence-corrected chi connectivity index (χ0v) is 9.23. The maximum atomic E-state index is 11.8. The Kier molecular flexibility index (Phi) is 4.08. The molecule has 5 heteroatoms. The van der Waals surface area contributed by atoms with Crippen molar-refractivity contribution in [3.63, 3.8) is 0 Å². The van der Waals surface area contributed by atoms with Gasteiger partial charge < -0.3 is 15.4 Å². The van der Waals surface area contributed by atoms with E-state index in [2.05, 4.69) is 4.74 Å². The standard InChI is InChI=1S/C10H18N2O3/c1-7(6-11)9(13)12-5-3-4-8(12)10(14)15-2/h7-8H,3-6,11H2,1-2H3. The first-order chi connectivity index (χ1) is 7.11. The van der Waals surface area contributed by atoms with Gasteiger partial charge in [-0.3, -0.25) is 4.79 Å². The number of methoxy groups -OCH3 is 1. The number of esters is 1. The molecule has 2 N–H and O–H groups in total. The van der Waals surface area contributed by atoms with Gasteiger partial charge in [-0.15, -0.1) is 0 Å². The van der Waals surface area contributed by atoms with Crippen molar-refractivity contribution in [2.24, 2.45) is 11.7 Å². The van der Waals surface area contributed by atoms with Gasteiger partial charge in [0.15, 0.2) is 0 Å². The average molecular weight is 214 g/mol. The van der Waals surface area contributed by atoms with Crippen LogP contribution in [0.4, 0.5) is 0 Å². The molecule has 1 aliphatic rings. The van der Waals surface area contributed by atoms with Gasteiger partial charge in [0.2, 0.25) is 5.91 Å². The van der Waals surface area contributed by atoms with Crippen LogP contribution in [0.2, 0.25) is 0 Å². The molecule has 0 bridgehead atoms. The van der Waals surface area contributed by atoms with Crippen LogP contribution in [0.3, 0.4) is 0 Å². The molecular formula is C10H18N2O3. The Morgan fingerprint density at radius 3 is 2.80 bits per heavy atom. The highest BCUT2D eigenvalue weighted by Crippen LogP contribution is 2.20. The first kappa shape index (κ1) is 12.0. The number of nitrogens with zero attached hydrogens (tertiary/aromatic N) is 1. The van der Waals surface area contributed by atoms with E-state index < -0.39 is 6.04 Å². The van der Waals surface area contributed by atoms with Gasteiger partial charge in [-0.2, -0.15) is 0 Å². The maximum absolute atomic E-state index is 11.8. The highest BCUT2D eigenvalue weighted by molar-refractivity contribution is 5.86. The minimum atomic E-state index is -0.406.